The van der Waals surface area contributed by atoms with Crippen molar-refractivity contribution in [3.63, 3.8) is 0 Å². The van der Waals surface area contributed by atoms with Crippen LogP contribution in [-0.2, 0) is 16.1 Å². The van der Waals surface area contributed by atoms with E-state index in [9.17, 15) is 9.59 Å². The molecule has 1 saturated heterocycles. The zero-order valence-corrected chi connectivity index (χ0v) is 20.2. The van der Waals surface area contributed by atoms with E-state index >= 15 is 0 Å². The number of carbonyl (C=O) groups is 2. The van der Waals surface area contributed by atoms with Crippen molar-refractivity contribution in [2.24, 2.45) is 11.8 Å². The Morgan fingerprint density at radius 1 is 1.28 bits per heavy atom. The molecule has 32 heavy (non-hydrogen) atoms. The molecule has 176 valence electrons. The van der Waals surface area contributed by atoms with Gasteiger partial charge in [-0.1, -0.05) is 32.0 Å². The molecule has 1 aliphatic carbocycles. The number of fused-ring (bicyclic) bond motifs is 1. The average Bonchev–Trinajstić information content (AvgIpc) is 2.81. The maximum Gasteiger partial charge on any atom is 0.234 e. The third-order valence-electron chi connectivity index (χ3n) is 6.72. The van der Waals surface area contributed by atoms with Gasteiger partial charge in [0.2, 0.25) is 11.8 Å². The summed E-state index contributed by atoms with van der Waals surface area (Å²) in [4.78, 5) is 29.9. The van der Waals surface area contributed by atoms with Crippen molar-refractivity contribution in [2.75, 3.05) is 33.3 Å². The number of ether oxygens (including phenoxy) is 1. The third-order valence-corrected chi connectivity index (χ3v) is 7.06. The Kier molecular flexibility index (Phi) is 8.87. The highest BCUT2D eigenvalue weighted by molar-refractivity contribution is 7.80. The van der Waals surface area contributed by atoms with Crippen LogP contribution in [-0.4, -0.2) is 66.1 Å². The van der Waals surface area contributed by atoms with Gasteiger partial charge in [-0.3, -0.25) is 14.5 Å². The Hall–Kier alpha value is -2.19. The summed E-state index contributed by atoms with van der Waals surface area (Å²) in [6, 6.07) is 7.58. The van der Waals surface area contributed by atoms with Gasteiger partial charge in [0.1, 0.15) is 5.75 Å². The number of amides is 2. The van der Waals surface area contributed by atoms with E-state index in [4.69, 9.17) is 17.0 Å². The first-order valence-electron chi connectivity index (χ1n) is 11.7. The van der Waals surface area contributed by atoms with E-state index in [1.165, 1.54) is 0 Å². The van der Waals surface area contributed by atoms with E-state index in [2.05, 4.69) is 29.4 Å². The first-order chi connectivity index (χ1) is 15.5. The van der Waals surface area contributed by atoms with Crippen molar-refractivity contribution < 1.29 is 14.3 Å². The number of para-hydroxylation sites is 1. The SMILES string of the molecule is CCN(CC)CCCNC(=O)C1CCC2C(=O)N(Cc3ccccc3OC)C(=S)NC2C1. The summed E-state index contributed by atoms with van der Waals surface area (Å²) in [6.07, 6.45) is 3.01. The molecule has 1 aliphatic heterocycles. The van der Waals surface area contributed by atoms with Crippen LogP contribution in [0.1, 0.15) is 45.1 Å². The van der Waals surface area contributed by atoms with Crippen LogP contribution in [0.25, 0.3) is 0 Å². The molecule has 7 nitrogen and oxygen atoms in total. The van der Waals surface area contributed by atoms with Crippen molar-refractivity contribution in [3.05, 3.63) is 29.8 Å². The van der Waals surface area contributed by atoms with Crippen molar-refractivity contribution in [2.45, 2.75) is 52.1 Å². The van der Waals surface area contributed by atoms with Crippen molar-refractivity contribution in [3.8, 4) is 5.75 Å². The number of thiocarbonyl (C=S) groups is 1. The van der Waals surface area contributed by atoms with Crippen LogP contribution in [0.5, 0.6) is 5.75 Å². The van der Waals surface area contributed by atoms with E-state index in [1.807, 2.05) is 24.3 Å². The number of nitrogens with one attached hydrogen (secondary N) is 2. The van der Waals surface area contributed by atoms with Crippen LogP contribution < -0.4 is 15.4 Å². The number of methoxy groups -OCH3 is 1. The molecule has 0 radical (unpaired) electrons. The summed E-state index contributed by atoms with van der Waals surface area (Å²) >= 11 is 5.54. The van der Waals surface area contributed by atoms with Crippen LogP contribution in [0.2, 0.25) is 0 Å². The zero-order chi connectivity index (χ0) is 23.1. The average molecular weight is 461 g/mol. The minimum atomic E-state index is -0.150. The Labute approximate surface area is 196 Å². The first kappa shape index (κ1) is 24.5. The van der Waals surface area contributed by atoms with Gasteiger partial charge in [-0.05, 0) is 63.6 Å². The fourth-order valence-electron chi connectivity index (χ4n) is 4.75. The molecule has 1 saturated carbocycles. The highest BCUT2D eigenvalue weighted by Gasteiger charge is 2.44. The van der Waals surface area contributed by atoms with Crippen LogP contribution in [0.3, 0.4) is 0 Å². The number of nitrogens with zero attached hydrogens (tertiary/aromatic N) is 2. The largest absolute Gasteiger partial charge is 0.496 e. The van der Waals surface area contributed by atoms with Crippen LogP contribution >= 0.6 is 12.2 Å². The minimum absolute atomic E-state index is 0.0442. The normalized spacial score (nSPS) is 23.0. The molecule has 3 atom stereocenters. The molecule has 8 heteroatoms. The second kappa shape index (κ2) is 11.6. The molecule has 3 unspecified atom stereocenters. The van der Waals surface area contributed by atoms with Gasteiger partial charge in [0, 0.05) is 24.1 Å². The molecule has 2 aliphatic rings. The number of hydrogen-bond donors (Lipinski definition) is 2. The van der Waals surface area contributed by atoms with E-state index in [0.29, 0.717) is 31.0 Å². The monoisotopic (exact) mass is 460 g/mol. The summed E-state index contributed by atoms with van der Waals surface area (Å²) < 4.78 is 5.42. The minimum Gasteiger partial charge on any atom is -0.496 e. The fourth-order valence-corrected chi connectivity index (χ4v) is 5.06. The van der Waals surface area contributed by atoms with Gasteiger partial charge in [0.25, 0.3) is 0 Å². The van der Waals surface area contributed by atoms with E-state index in [0.717, 1.165) is 43.8 Å². The van der Waals surface area contributed by atoms with Gasteiger partial charge in [-0.25, -0.2) is 0 Å². The zero-order valence-electron chi connectivity index (χ0n) is 19.4. The molecule has 3 rings (SSSR count). The smallest absolute Gasteiger partial charge is 0.234 e. The molecule has 1 aromatic rings. The maximum absolute atomic E-state index is 13.2. The number of rotatable bonds is 10. The van der Waals surface area contributed by atoms with Gasteiger partial charge in [-0.2, -0.15) is 0 Å². The Balaban J connectivity index is 1.53. The van der Waals surface area contributed by atoms with Crippen LogP contribution in [0.15, 0.2) is 24.3 Å². The summed E-state index contributed by atoms with van der Waals surface area (Å²) in [5.74, 6) is 0.658. The fraction of sp³-hybridized carbons (Fsp3) is 0.625. The number of carbonyl (C=O) groups excluding carboxylic acids is 2. The van der Waals surface area contributed by atoms with Gasteiger partial charge >= 0.3 is 0 Å². The standard InChI is InChI=1S/C24H36N4O3S/c1-4-27(5-2)14-8-13-25-22(29)17-11-12-19-20(15-17)26-24(32)28(23(19)30)16-18-9-6-7-10-21(18)31-3/h6-7,9-10,17,19-20H,4-5,8,11-16H2,1-3H3,(H,25,29)(H,26,32). The van der Waals surface area contributed by atoms with E-state index in [-0.39, 0.29) is 29.7 Å². The molecule has 2 amide bonds. The van der Waals surface area contributed by atoms with Crippen molar-refractivity contribution in [1.29, 1.82) is 0 Å². The predicted molar refractivity (Wildman–Crippen MR) is 129 cm³/mol. The molecular formula is C24H36N4O3S. The lowest BCUT2D eigenvalue weighted by Crippen LogP contribution is -2.61. The highest BCUT2D eigenvalue weighted by Crippen LogP contribution is 2.34. The predicted octanol–water partition coefficient (Wildman–Crippen LogP) is 2.54. The number of benzene rings is 1. The molecule has 1 heterocycles. The summed E-state index contributed by atoms with van der Waals surface area (Å²) in [7, 11) is 1.62. The summed E-state index contributed by atoms with van der Waals surface area (Å²) in [5.41, 5.74) is 0.920. The topological polar surface area (TPSA) is 73.9 Å². The van der Waals surface area contributed by atoms with Gasteiger partial charge < -0.3 is 20.3 Å². The van der Waals surface area contributed by atoms with Crippen LogP contribution in [0, 0.1) is 11.8 Å². The maximum atomic E-state index is 13.2. The van der Waals surface area contributed by atoms with Crippen molar-refractivity contribution >= 4 is 29.1 Å². The third kappa shape index (κ3) is 5.78. The lowest BCUT2D eigenvalue weighted by atomic mass is 9.76. The first-order valence-corrected chi connectivity index (χ1v) is 12.1. The van der Waals surface area contributed by atoms with E-state index < -0.39 is 0 Å². The molecule has 2 fully saturated rings. The Morgan fingerprint density at radius 3 is 2.75 bits per heavy atom. The lowest BCUT2D eigenvalue weighted by molar-refractivity contribution is -0.138. The second-order valence-corrected chi connectivity index (χ2v) is 8.97. The summed E-state index contributed by atoms with van der Waals surface area (Å²) in [6.45, 7) is 8.44. The molecule has 1 aromatic carbocycles. The quantitative estimate of drug-likeness (QED) is 0.413. The molecule has 0 bridgehead atoms. The molecular weight excluding hydrogens is 424 g/mol. The summed E-state index contributed by atoms with van der Waals surface area (Å²) in [5, 5.41) is 6.87. The number of hydrogen-bond acceptors (Lipinski definition) is 5. The van der Waals surface area contributed by atoms with Crippen LogP contribution in [0.4, 0.5) is 0 Å². The van der Waals surface area contributed by atoms with Gasteiger partial charge in [0.15, 0.2) is 5.11 Å². The van der Waals surface area contributed by atoms with E-state index in [1.54, 1.807) is 12.0 Å². The molecule has 2 N–H and O–H groups in total. The molecule has 0 aromatic heterocycles. The van der Waals surface area contributed by atoms with Crippen molar-refractivity contribution in [1.82, 2.24) is 20.4 Å². The second-order valence-electron chi connectivity index (χ2n) is 8.58. The molecule has 0 spiro atoms. The Morgan fingerprint density at radius 2 is 2.03 bits per heavy atom. The Bertz CT molecular complexity index is 814. The highest BCUT2D eigenvalue weighted by atomic mass is 32.1. The lowest BCUT2D eigenvalue weighted by Gasteiger charge is -2.43. The van der Waals surface area contributed by atoms with Gasteiger partial charge in [0.05, 0.1) is 19.6 Å². The van der Waals surface area contributed by atoms with Gasteiger partial charge in [-0.15, -0.1) is 0 Å².